The SMILES string of the molecule is CC(C1CCCCC1)n1nnnc1-c1cccc(N)c1Cl. The number of nitrogens with zero attached hydrogens (tertiary/aromatic N) is 4. The fourth-order valence-corrected chi connectivity index (χ4v) is 3.39. The molecule has 112 valence electrons. The van der Waals surface area contributed by atoms with E-state index < -0.39 is 0 Å². The average molecular weight is 306 g/mol. The first-order valence-electron chi connectivity index (χ1n) is 7.50. The Labute approximate surface area is 129 Å². The molecule has 0 bridgehead atoms. The predicted molar refractivity (Wildman–Crippen MR) is 84.0 cm³/mol. The van der Waals surface area contributed by atoms with E-state index >= 15 is 0 Å². The van der Waals surface area contributed by atoms with Gasteiger partial charge in [-0.25, -0.2) is 4.68 Å². The third-order valence-corrected chi connectivity index (χ3v) is 4.90. The highest BCUT2D eigenvalue weighted by atomic mass is 35.5. The molecule has 1 atom stereocenters. The van der Waals surface area contributed by atoms with Crippen LogP contribution in [0.4, 0.5) is 5.69 Å². The molecule has 1 saturated carbocycles. The summed E-state index contributed by atoms with van der Waals surface area (Å²) in [7, 11) is 0. The van der Waals surface area contributed by atoms with E-state index in [4.69, 9.17) is 17.3 Å². The molecule has 0 saturated heterocycles. The fourth-order valence-electron chi connectivity index (χ4n) is 3.18. The summed E-state index contributed by atoms with van der Waals surface area (Å²) in [6.45, 7) is 2.19. The van der Waals surface area contributed by atoms with Crippen molar-refractivity contribution in [1.82, 2.24) is 20.2 Å². The maximum absolute atomic E-state index is 6.31. The van der Waals surface area contributed by atoms with Crippen LogP contribution < -0.4 is 5.73 Å². The number of aromatic nitrogens is 4. The van der Waals surface area contributed by atoms with Gasteiger partial charge in [0.05, 0.1) is 16.8 Å². The normalized spacial score (nSPS) is 17.8. The molecule has 2 N–H and O–H groups in total. The van der Waals surface area contributed by atoms with Crippen LogP contribution in [-0.4, -0.2) is 20.2 Å². The molecular formula is C15H20ClN5. The van der Waals surface area contributed by atoms with Gasteiger partial charge in [-0.15, -0.1) is 5.10 Å². The van der Waals surface area contributed by atoms with Crippen LogP contribution in [0.25, 0.3) is 11.4 Å². The van der Waals surface area contributed by atoms with Crippen LogP contribution in [0.3, 0.4) is 0 Å². The first-order chi connectivity index (χ1) is 10.2. The summed E-state index contributed by atoms with van der Waals surface area (Å²) in [5, 5.41) is 12.7. The zero-order chi connectivity index (χ0) is 14.8. The van der Waals surface area contributed by atoms with Gasteiger partial charge in [-0.1, -0.05) is 36.9 Å². The Morgan fingerprint density at radius 1 is 1.29 bits per heavy atom. The van der Waals surface area contributed by atoms with E-state index in [-0.39, 0.29) is 6.04 Å². The highest BCUT2D eigenvalue weighted by molar-refractivity contribution is 6.35. The van der Waals surface area contributed by atoms with Gasteiger partial charge in [-0.3, -0.25) is 0 Å². The Morgan fingerprint density at radius 3 is 2.81 bits per heavy atom. The minimum absolute atomic E-state index is 0.271. The average Bonchev–Trinajstić information content (AvgIpc) is 2.99. The third-order valence-electron chi connectivity index (χ3n) is 4.48. The van der Waals surface area contributed by atoms with Crippen LogP contribution >= 0.6 is 11.6 Å². The Hall–Kier alpha value is -1.62. The Kier molecular flexibility index (Phi) is 4.10. The summed E-state index contributed by atoms with van der Waals surface area (Å²) in [5.41, 5.74) is 7.23. The lowest BCUT2D eigenvalue weighted by Gasteiger charge is -2.28. The highest BCUT2D eigenvalue weighted by Gasteiger charge is 2.25. The monoisotopic (exact) mass is 305 g/mol. The molecule has 1 fully saturated rings. The Morgan fingerprint density at radius 2 is 2.05 bits per heavy atom. The fraction of sp³-hybridized carbons (Fsp3) is 0.533. The molecule has 6 heteroatoms. The summed E-state index contributed by atoms with van der Waals surface area (Å²) < 4.78 is 1.90. The van der Waals surface area contributed by atoms with Crippen molar-refractivity contribution in [3.05, 3.63) is 23.2 Å². The standard InChI is InChI=1S/C15H20ClN5/c1-10(11-6-3-2-4-7-11)21-15(18-19-20-21)12-8-5-9-13(17)14(12)16/h5,8-11H,2-4,6-7,17H2,1H3. The zero-order valence-corrected chi connectivity index (χ0v) is 12.9. The Bertz CT molecular complexity index is 618. The molecule has 0 aliphatic heterocycles. The first kappa shape index (κ1) is 14.3. The third kappa shape index (κ3) is 2.75. The van der Waals surface area contributed by atoms with E-state index in [1.54, 1.807) is 6.07 Å². The smallest absolute Gasteiger partial charge is 0.183 e. The highest BCUT2D eigenvalue weighted by Crippen LogP contribution is 2.36. The molecule has 1 aliphatic carbocycles. The lowest BCUT2D eigenvalue weighted by atomic mass is 9.84. The van der Waals surface area contributed by atoms with Gasteiger partial charge in [0.15, 0.2) is 5.82 Å². The minimum Gasteiger partial charge on any atom is -0.398 e. The van der Waals surface area contributed by atoms with E-state index in [1.807, 2.05) is 16.8 Å². The van der Waals surface area contributed by atoms with Crippen molar-refractivity contribution in [3.63, 3.8) is 0 Å². The number of hydrogen-bond acceptors (Lipinski definition) is 4. The van der Waals surface area contributed by atoms with Crippen LogP contribution in [0, 0.1) is 5.92 Å². The van der Waals surface area contributed by atoms with Crippen molar-refractivity contribution in [3.8, 4) is 11.4 Å². The number of nitrogen functional groups attached to an aromatic ring is 1. The molecule has 1 unspecified atom stereocenters. The second kappa shape index (κ2) is 6.02. The van der Waals surface area contributed by atoms with Crippen LogP contribution in [0.5, 0.6) is 0 Å². The predicted octanol–water partition coefficient (Wildman–Crippen LogP) is 3.72. The van der Waals surface area contributed by atoms with Gasteiger partial charge in [-0.2, -0.15) is 0 Å². The van der Waals surface area contributed by atoms with Crippen LogP contribution in [0.1, 0.15) is 45.1 Å². The second-order valence-electron chi connectivity index (χ2n) is 5.79. The molecule has 1 aromatic carbocycles. The Balaban J connectivity index is 1.95. The number of benzene rings is 1. The van der Waals surface area contributed by atoms with Crippen molar-refractivity contribution in [1.29, 1.82) is 0 Å². The lowest BCUT2D eigenvalue weighted by molar-refractivity contribution is 0.249. The van der Waals surface area contributed by atoms with Gasteiger partial charge in [-0.05, 0) is 48.2 Å². The topological polar surface area (TPSA) is 69.6 Å². The van der Waals surface area contributed by atoms with Crippen molar-refractivity contribution in [2.45, 2.75) is 45.1 Å². The van der Waals surface area contributed by atoms with Gasteiger partial charge in [0, 0.05) is 5.56 Å². The van der Waals surface area contributed by atoms with Crippen LogP contribution in [0.2, 0.25) is 5.02 Å². The summed E-state index contributed by atoms with van der Waals surface area (Å²) in [5.74, 6) is 1.33. The number of nitrogens with two attached hydrogens (primary N) is 1. The van der Waals surface area contributed by atoms with Crippen LogP contribution in [0.15, 0.2) is 18.2 Å². The molecule has 1 aromatic heterocycles. The largest absolute Gasteiger partial charge is 0.398 e. The molecule has 3 rings (SSSR count). The van der Waals surface area contributed by atoms with Gasteiger partial charge in [0.2, 0.25) is 0 Å². The summed E-state index contributed by atoms with van der Waals surface area (Å²) in [6, 6.07) is 5.84. The lowest BCUT2D eigenvalue weighted by Crippen LogP contribution is -2.21. The van der Waals surface area contributed by atoms with Gasteiger partial charge >= 0.3 is 0 Å². The van der Waals surface area contributed by atoms with Crippen molar-refractivity contribution in [2.24, 2.45) is 5.92 Å². The van der Waals surface area contributed by atoms with E-state index in [2.05, 4.69) is 22.4 Å². The molecule has 21 heavy (non-hydrogen) atoms. The van der Waals surface area contributed by atoms with Crippen LogP contribution in [-0.2, 0) is 0 Å². The molecular weight excluding hydrogens is 286 g/mol. The molecule has 5 nitrogen and oxygen atoms in total. The number of hydrogen-bond donors (Lipinski definition) is 1. The zero-order valence-electron chi connectivity index (χ0n) is 12.2. The van der Waals surface area contributed by atoms with E-state index in [1.165, 1.54) is 32.1 Å². The van der Waals surface area contributed by atoms with E-state index in [9.17, 15) is 0 Å². The molecule has 0 spiro atoms. The number of halogens is 1. The number of anilines is 1. The van der Waals surface area contributed by atoms with Crippen molar-refractivity contribution >= 4 is 17.3 Å². The van der Waals surface area contributed by atoms with Gasteiger partial charge in [0.25, 0.3) is 0 Å². The summed E-state index contributed by atoms with van der Waals surface area (Å²) in [6.07, 6.45) is 6.42. The number of rotatable bonds is 3. The number of tetrazole rings is 1. The first-order valence-corrected chi connectivity index (χ1v) is 7.88. The maximum Gasteiger partial charge on any atom is 0.183 e. The molecule has 0 radical (unpaired) electrons. The van der Waals surface area contributed by atoms with E-state index in [0.717, 1.165) is 5.56 Å². The summed E-state index contributed by atoms with van der Waals surface area (Å²) in [4.78, 5) is 0. The minimum atomic E-state index is 0.271. The second-order valence-corrected chi connectivity index (χ2v) is 6.17. The van der Waals surface area contributed by atoms with Crippen molar-refractivity contribution in [2.75, 3.05) is 5.73 Å². The maximum atomic E-state index is 6.31. The van der Waals surface area contributed by atoms with Gasteiger partial charge < -0.3 is 5.73 Å². The van der Waals surface area contributed by atoms with Crippen molar-refractivity contribution < 1.29 is 0 Å². The quantitative estimate of drug-likeness (QED) is 0.877. The molecule has 0 amide bonds. The van der Waals surface area contributed by atoms with E-state index in [0.29, 0.717) is 22.5 Å². The van der Waals surface area contributed by atoms with Gasteiger partial charge in [0.1, 0.15) is 0 Å². The molecule has 2 aromatic rings. The molecule has 1 aliphatic rings. The molecule has 1 heterocycles. The summed E-state index contributed by atoms with van der Waals surface area (Å²) >= 11 is 6.31.